The molecule has 0 atom stereocenters. The van der Waals surface area contributed by atoms with Crippen LogP contribution in [0.5, 0.6) is 0 Å². The Morgan fingerprint density at radius 3 is 2.77 bits per heavy atom. The van der Waals surface area contributed by atoms with Crippen molar-refractivity contribution in [1.29, 1.82) is 0 Å². The molecule has 4 rings (SSSR count). The highest BCUT2D eigenvalue weighted by atomic mass is 32.2. The van der Waals surface area contributed by atoms with E-state index in [0.29, 0.717) is 11.7 Å². The normalized spacial score (nSPS) is 19.9. The van der Waals surface area contributed by atoms with Gasteiger partial charge in [0.25, 0.3) is 13.1 Å². The van der Waals surface area contributed by atoms with E-state index < -0.39 is 10.0 Å². The van der Waals surface area contributed by atoms with Crippen molar-refractivity contribution in [2.75, 3.05) is 12.8 Å². The molecule has 158 valence electrons. The summed E-state index contributed by atoms with van der Waals surface area (Å²) in [7, 11) is -3.33. The zero-order valence-electron chi connectivity index (χ0n) is 17.2. The van der Waals surface area contributed by atoms with Crippen molar-refractivity contribution >= 4 is 32.1 Å². The lowest BCUT2D eigenvalue weighted by atomic mass is 9.83. The Labute approximate surface area is 176 Å². The number of hydrogen-bond acceptors (Lipinski definition) is 5. The number of aromatic nitrogens is 4. The second-order valence-electron chi connectivity index (χ2n) is 8.08. The summed E-state index contributed by atoms with van der Waals surface area (Å²) >= 11 is 0. The van der Waals surface area contributed by atoms with Gasteiger partial charge in [-0.2, -0.15) is 0 Å². The van der Waals surface area contributed by atoms with Gasteiger partial charge in [-0.05, 0) is 50.2 Å². The van der Waals surface area contributed by atoms with Crippen LogP contribution in [-0.4, -0.2) is 40.7 Å². The number of fused-ring (bicyclic) bond motifs is 3. The van der Waals surface area contributed by atoms with E-state index in [1.807, 2.05) is 12.1 Å². The predicted octanol–water partition coefficient (Wildman–Crippen LogP) is 3.50. The summed E-state index contributed by atoms with van der Waals surface area (Å²) in [5.41, 5.74) is 3.31. The summed E-state index contributed by atoms with van der Waals surface area (Å²) in [4.78, 5) is 17.5. The third-order valence-electron chi connectivity index (χ3n) is 5.92. The first-order valence-corrected chi connectivity index (χ1v) is 12.3. The molecule has 0 aliphatic heterocycles. The van der Waals surface area contributed by atoms with Crippen LogP contribution in [0.1, 0.15) is 50.4 Å². The van der Waals surface area contributed by atoms with E-state index in [1.54, 1.807) is 12.4 Å². The van der Waals surface area contributed by atoms with Crippen LogP contribution in [0.25, 0.3) is 26.9 Å². The topological polar surface area (TPSA) is 94.1 Å². The molecule has 3 heterocycles. The van der Waals surface area contributed by atoms with Crippen LogP contribution < -0.4 is 4.72 Å². The molecule has 0 amide bonds. The molecular formula is C21H27N6O2S+. The van der Waals surface area contributed by atoms with Crippen molar-refractivity contribution in [3.8, 4) is 6.57 Å². The number of rotatable bonds is 7. The van der Waals surface area contributed by atoms with Crippen molar-refractivity contribution in [1.82, 2.24) is 24.2 Å². The zero-order chi connectivity index (χ0) is 21.1. The van der Waals surface area contributed by atoms with Gasteiger partial charge in [-0.15, -0.1) is 0 Å². The molecule has 0 saturated heterocycles. The molecule has 0 radical (unpaired) electrons. The van der Waals surface area contributed by atoms with E-state index in [9.17, 15) is 8.42 Å². The zero-order valence-corrected chi connectivity index (χ0v) is 18.0. The fourth-order valence-electron chi connectivity index (χ4n) is 4.51. The highest BCUT2D eigenvalue weighted by Crippen LogP contribution is 2.38. The smallest absolute Gasteiger partial charge is 0.263 e. The molecule has 0 bridgehead atoms. The Morgan fingerprint density at radius 2 is 2.03 bits per heavy atom. The minimum absolute atomic E-state index is 0.153. The van der Waals surface area contributed by atoms with Gasteiger partial charge in [-0.25, -0.2) is 18.1 Å². The Morgan fingerprint density at radius 1 is 1.23 bits per heavy atom. The first-order valence-electron chi connectivity index (χ1n) is 10.4. The molecule has 0 spiro atoms. The third-order valence-corrected chi connectivity index (χ3v) is 6.59. The van der Waals surface area contributed by atoms with Crippen molar-refractivity contribution in [2.45, 2.75) is 51.1 Å². The van der Waals surface area contributed by atoms with Crippen LogP contribution in [0, 0.1) is 12.5 Å². The molecule has 1 aliphatic carbocycles. The van der Waals surface area contributed by atoms with E-state index in [2.05, 4.69) is 24.1 Å². The van der Waals surface area contributed by atoms with E-state index in [4.69, 9.17) is 11.6 Å². The molecule has 1 fully saturated rings. The lowest BCUT2D eigenvalue weighted by Gasteiger charge is -2.30. The standard InChI is InChI=1S/C21H27N6O2S/c1-22-11-3-5-15-7-9-16(10-8-15)27-19(14-25-30(2,28)29)26-18-13-24-17-6-4-12-23-20(17)21(18)27/h1,4,6,12-13,15-16,25H,3,5,7-11,14H2,2H3/q+1. The summed E-state index contributed by atoms with van der Waals surface area (Å²) in [6, 6.07) is 4.06. The summed E-state index contributed by atoms with van der Waals surface area (Å²) in [5.74, 6) is 1.40. The van der Waals surface area contributed by atoms with Gasteiger partial charge in [0.05, 0.1) is 30.0 Å². The molecule has 30 heavy (non-hydrogen) atoms. The van der Waals surface area contributed by atoms with Crippen LogP contribution in [0.15, 0.2) is 24.5 Å². The third kappa shape index (κ3) is 4.45. The average Bonchev–Trinajstić information content (AvgIpc) is 3.11. The molecule has 0 unspecified atom stereocenters. The Bertz CT molecular complexity index is 1190. The first kappa shape index (κ1) is 20.7. The van der Waals surface area contributed by atoms with Crippen LogP contribution in [0.2, 0.25) is 0 Å². The summed E-state index contributed by atoms with van der Waals surface area (Å²) in [6.45, 7) is 6.13. The fourth-order valence-corrected chi connectivity index (χ4v) is 4.91. The minimum atomic E-state index is -3.33. The molecule has 8 nitrogen and oxygen atoms in total. The Hall–Kier alpha value is -2.57. The highest BCUT2D eigenvalue weighted by molar-refractivity contribution is 7.88. The monoisotopic (exact) mass is 427 g/mol. The maximum atomic E-state index is 11.7. The molecule has 3 aromatic rings. The highest BCUT2D eigenvalue weighted by Gasteiger charge is 2.27. The van der Waals surface area contributed by atoms with Gasteiger partial charge in [0.15, 0.2) is 0 Å². The predicted molar refractivity (Wildman–Crippen MR) is 118 cm³/mol. The largest absolute Gasteiger partial charge is 0.322 e. The molecule has 1 aliphatic rings. The van der Waals surface area contributed by atoms with Gasteiger partial charge in [0.1, 0.15) is 16.9 Å². The number of hydrogen-bond donors (Lipinski definition) is 1. The second-order valence-corrected chi connectivity index (χ2v) is 9.91. The van der Waals surface area contributed by atoms with Crippen molar-refractivity contribution in [3.63, 3.8) is 0 Å². The second kappa shape index (κ2) is 8.66. The SMILES string of the molecule is C#[N+]CCCC1CCC(n2c(CNS(C)(=O)=O)nc3cnc4cccnc4c32)CC1. The lowest BCUT2D eigenvalue weighted by Crippen LogP contribution is -2.26. The summed E-state index contributed by atoms with van der Waals surface area (Å²) in [6.07, 6.45) is 11.2. The molecular weight excluding hydrogens is 400 g/mol. The number of nitrogens with zero attached hydrogens (tertiary/aromatic N) is 5. The van der Waals surface area contributed by atoms with Crippen molar-refractivity contribution in [2.24, 2.45) is 5.92 Å². The molecule has 3 aromatic heterocycles. The van der Waals surface area contributed by atoms with E-state index >= 15 is 0 Å². The van der Waals surface area contributed by atoms with Gasteiger partial charge in [-0.1, -0.05) is 4.85 Å². The first-order chi connectivity index (χ1) is 14.5. The lowest BCUT2D eigenvalue weighted by molar-refractivity contribution is 0.262. The van der Waals surface area contributed by atoms with Crippen molar-refractivity contribution in [3.05, 3.63) is 35.2 Å². The van der Waals surface area contributed by atoms with Gasteiger partial charge in [0.2, 0.25) is 10.0 Å². The summed E-state index contributed by atoms with van der Waals surface area (Å²) in [5, 5.41) is 0. The summed E-state index contributed by atoms with van der Waals surface area (Å²) < 4.78 is 28.2. The Balaban J connectivity index is 1.69. The molecule has 1 N–H and O–H groups in total. The Kier molecular flexibility index (Phi) is 5.97. The van der Waals surface area contributed by atoms with E-state index in [0.717, 1.165) is 73.4 Å². The van der Waals surface area contributed by atoms with Crippen LogP contribution in [-0.2, 0) is 16.6 Å². The van der Waals surface area contributed by atoms with Crippen molar-refractivity contribution < 1.29 is 8.42 Å². The maximum absolute atomic E-state index is 11.7. The van der Waals surface area contributed by atoms with Gasteiger partial charge >= 0.3 is 0 Å². The average molecular weight is 428 g/mol. The number of sulfonamides is 1. The van der Waals surface area contributed by atoms with Gasteiger partial charge in [0, 0.05) is 18.7 Å². The van der Waals surface area contributed by atoms with E-state index in [1.165, 1.54) is 0 Å². The van der Waals surface area contributed by atoms with Crippen LogP contribution in [0.4, 0.5) is 0 Å². The number of pyridine rings is 2. The quantitative estimate of drug-likeness (QED) is 0.583. The van der Waals surface area contributed by atoms with Crippen LogP contribution >= 0.6 is 0 Å². The minimum Gasteiger partial charge on any atom is -0.322 e. The molecule has 1 saturated carbocycles. The maximum Gasteiger partial charge on any atom is 0.263 e. The number of nitrogens with one attached hydrogen (secondary N) is 1. The van der Waals surface area contributed by atoms with Crippen LogP contribution in [0.3, 0.4) is 0 Å². The molecule has 0 aromatic carbocycles. The fraction of sp³-hybridized carbons (Fsp3) is 0.524. The van der Waals surface area contributed by atoms with E-state index in [-0.39, 0.29) is 12.6 Å². The van der Waals surface area contributed by atoms with Gasteiger partial charge in [-0.3, -0.25) is 9.97 Å². The van der Waals surface area contributed by atoms with Gasteiger partial charge < -0.3 is 4.57 Å². The number of imidazole rings is 1. The molecule has 9 heteroatoms.